The van der Waals surface area contributed by atoms with Crippen LogP contribution < -0.4 is 9.47 Å². The highest BCUT2D eigenvalue weighted by atomic mass is 19.1. The van der Waals surface area contributed by atoms with Gasteiger partial charge < -0.3 is 9.47 Å². The largest absolute Gasteiger partial charge is 0.497 e. The van der Waals surface area contributed by atoms with Crippen LogP contribution in [-0.2, 0) is 0 Å². The van der Waals surface area contributed by atoms with Crippen molar-refractivity contribution in [3.63, 3.8) is 0 Å². The van der Waals surface area contributed by atoms with Gasteiger partial charge in [-0.1, -0.05) is 6.07 Å². The molecule has 0 spiro atoms. The minimum absolute atomic E-state index is 0.294. The summed E-state index contributed by atoms with van der Waals surface area (Å²) in [5.41, 5.74) is 1.37. The zero-order chi connectivity index (χ0) is 14.7. The Morgan fingerprint density at radius 1 is 1.00 bits per heavy atom. The second-order valence-electron chi connectivity index (χ2n) is 4.35. The number of benzene rings is 2. The van der Waals surface area contributed by atoms with Crippen molar-refractivity contribution in [2.45, 2.75) is 6.92 Å². The van der Waals surface area contributed by atoms with Crippen molar-refractivity contribution >= 4 is 5.78 Å². The standard InChI is InChI=1S/C16H15FO3/c1-10-4-5-11(17)8-13(10)16(18)14-9-12(19-2)6-7-15(14)20-3/h4-9H,1-3H3. The van der Waals surface area contributed by atoms with E-state index < -0.39 is 5.82 Å². The summed E-state index contributed by atoms with van der Waals surface area (Å²) >= 11 is 0. The minimum Gasteiger partial charge on any atom is -0.497 e. The quantitative estimate of drug-likeness (QED) is 0.802. The Bertz CT molecular complexity index is 650. The number of methoxy groups -OCH3 is 2. The van der Waals surface area contributed by atoms with Gasteiger partial charge >= 0.3 is 0 Å². The number of carbonyl (C=O) groups is 1. The molecule has 0 atom stereocenters. The van der Waals surface area contributed by atoms with Crippen LogP contribution in [0.3, 0.4) is 0 Å². The molecule has 0 saturated heterocycles. The lowest BCUT2D eigenvalue weighted by Crippen LogP contribution is -2.07. The molecular formula is C16H15FO3. The molecule has 3 nitrogen and oxygen atoms in total. The van der Waals surface area contributed by atoms with Crippen LogP contribution in [0.15, 0.2) is 36.4 Å². The molecule has 0 fully saturated rings. The smallest absolute Gasteiger partial charge is 0.197 e. The lowest BCUT2D eigenvalue weighted by molar-refractivity contribution is 0.103. The van der Waals surface area contributed by atoms with Crippen molar-refractivity contribution in [1.82, 2.24) is 0 Å². The number of ether oxygens (including phenoxy) is 2. The second-order valence-corrected chi connectivity index (χ2v) is 4.35. The Balaban J connectivity index is 2.54. The van der Waals surface area contributed by atoms with Gasteiger partial charge in [0.25, 0.3) is 0 Å². The van der Waals surface area contributed by atoms with Gasteiger partial charge in [0, 0.05) is 5.56 Å². The lowest BCUT2D eigenvalue weighted by atomic mass is 9.98. The Morgan fingerprint density at radius 3 is 2.40 bits per heavy atom. The van der Waals surface area contributed by atoms with Gasteiger partial charge in [0.1, 0.15) is 17.3 Å². The van der Waals surface area contributed by atoms with Crippen molar-refractivity contribution in [3.8, 4) is 11.5 Å². The van der Waals surface area contributed by atoms with E-state index in [1.165, 1.54) is 26.4 Å². The highest BCUT2D eigenvalue weighted by molar-refractivity contribution is 6.11. The van der Waals surface area contributed by atoms with Gasteiger partial charge in [0.15, 0.2) is 5.78 Å². The molecule has 2 rings (SSSR count). The third-order valence-corrected chi connectivity index (χ3v) is 3.10. The minimum atomic E-state index is -0.444. The van der Waals surface area contributed by atoms with E-state index in [4.69, 9.17) is 9.47 Å². The van der Waals surface area contributed by atoms with Gasteiger partial charge in [-0.15, -0.1) is 0 Å². The second kappa shape index (κ2) is 5.74. The summed E-state index contributed by atoms with van der Waals surface area (Å²) in [5, 5.41) is 0. The van der Waals surface area contributed by atoms with E-state index in [0.717, 1.165) is 0 Å². The zero-order valence-corrected chi connectivity index (χ0v) is 11.6. The summed E-state index contributed by atoms with van der Waals surface area (Å²) in [6, 6.07) is 9.08. The van der Waals surface area contributed by atoms with E-state index in [2.05, 4.69) is 0 Å². The predicted octanol–water partition coefficient (Wildman–Crippen LogP) is 3.38. The van der Waals surface area contributed by atoms with E-state index >= 15 is 0 Å². The summed E-state index contributed by atoms with van der Waals surface area (Å²) in [6.45, 7) is 1.76. The molecule has 2 aromatic rings. The van der Waals surface area contributed by atoms with E-state index in [0.29, 0.717) is 28.2 Å². The van der Waals surface area contributed by atoms with Crippen molar-refractivity contribution < 1.29 is 18.7 Å². The van der Waals surface area contributed by atoms with Crippen LogP contribution in [0.1, 0.15) is 21.5 Å². The Kier molecular flexibility index (Phi) is 4.03. The van der Waals surface area contributed by atoms with Crippen LogP contribution in [-0.4, -0.2) is 20.0 Å². The fourth-order valence-electron chi connectivity index (χ4n) is 1.98. The highest BCUT2D eigenvalue weighted by Gasteiger charge is 2.18. The van der Waals surface area contributed by atoms with Gasteiger partial charge in [-0.05, 0) is 42.8 Å². The van der Waals surface area contributed by atoms with Gasteiger partial charge in [0.05, 0.1) is 19.8 Å². The number of hydrogen-bond donors (Lipinski definition) is 0. The fourth-order valence-corrected chi connectivity index (χ4v) is 1.98. The molecule has 104 valence electrons. The third kappa shape index (κ3) is 2.64. The normalized spacial score (nSPS) is 10.2. The Labute approximate surface area is 117 Å². The number of rotatable bonds is 4. The van der Waals surface area contributed by atoms with Crippen molar-refractivity contribution in [2.75, 3.05) is 14.2 Å². The molecule has 0 unspecified atom stereocenters. The maximum Gasteiger partial charge on any atom is 0.197 e. The van der Waals surface area contributed by atoms with E-state index in [-0.39, 0.29) is 5.78 Å². The number of halogens is 1. The SMILES string of the molecule is COc1ccc(OC)c(C(=O)c2cc(F)ccc2C)c1. The average Bonchev–Trinajstić information content (AvgIpc) is 2.48. The van der Waals surface area contributed by atoms with Gasteiger partial charge in [-0.3, -0.25) is 4.79 Å². The first-order valence-corrected chi connectivity index (χ1v) is 6.09. The maximum absolute atomic E-state index is 13.3. The van der Waals surface area contributed by atoms with Gasteiger partial charge in [0.2, 0.25) is 0 Å². The monoisotopic (exact) mass is 274 g/mol. The van der Waals surface area contributed by atoms with Crippen LogP contribution in [0.25, 0.3) is 0 Å². The zero-order valence-electron chi connectivity index (χ0n) is 11.6. The van der Waals surface area contributed by atoms with Gasteiger partial charge in [-0.2, -0.15) is 0 Å². The molecule has 0 aromatic heterocycles. The highest BCUT2D eigenvalue weighted by Crippen LogP contribution is 2.27. The van der Waals surface area contributed by atoms with Crippen LogP contribution in [0.4, 0.5) is 4.39 Å². The first kappa shape index (κ1) is 14.1. The molecule has 2 aromatic carbocycles. The molecular weight excluding hydrogens is 259 g/mol. The Hall–Kier alpha value is -2.36. The number of hydrogen-bond acceptors (Lipinski definition) is 3. The maximum atomic E-state index is 13.3. The third-order valence-electron chi connectivity index (χ3n) is 3.10. The molecule has 0 radical (unpaired) electrons. The van der Waals surface area contributed by atoms with E-state index in [1.807, 2.05) is 0 Å². The topological polar surface area (TPSA) is 35.5 Å². The van der Waals surface area contributed by atoms with Crippen molar-refractivity contribution in [2.24, 2.45) is 0 Å². The van der Waals surface area contributed by atoms with Crippen LogP contribution >= 0.6 is 0 Å². The predicted molar refractivity (Wildman–Crippen MR) is 74.1 cm³/mol. The summed E-state index contributed by atoms with van der Waals surface area (Å²) in [5.74, 6) is 0.237. The van der Waals surface area contributed by atoms with Gasteiger partial charge in [-0.25, -0.2) is 4.39 Å². The molecule has 0 saturated carbocycles. The molecule has 0 bridgehead atoms. The number of ketones is 1. The lowest BCUT2D eigenvalue weighted by Gasteiger charge is -2.11. The summed E-state index contributed by atoms with van der Waals surface area (Å²) in [4.78, 5) is 12.6. The first-order chi connectivity index (χ1) is 9.56. The van der Waals surface area contributed by atoms with Crippen LogP contribution in [0.5, 0.6) is 11.5 Å². The number of aryl methyl sites for hydroxylation is 1. The van der Waals surface area contributed by atoms with Crippen molar-refractivity contribution in [1.29, 1.82) is 0 Å². The average molecular weight is 274 g/mol. The molecule has 0 amide bonds. The molecule has 0 heterocycles. The molecule has 0 N–H and O–H groups in total. The van der Waals surface area contributed by atoms with E-state index in [9.17, 15) is 9.18 Å². The molecule has 0 aliphatic rings. The number of carbonyl (C=O) groups excluding carboxylic acids is 1. The summed E-state index contributed by atoms with van der Waals surface area (Å²) < 4.78 is 23.6. The molecule has 4 heteroatoms. The molecule has 0 aliphatic heterocycles. The fraction of sp³-hybridized carbons (Fsp3) is 0.188. The van der Waals surface area contributed by atoms with Crippen molar-refractivity contribution in [3.05, 3.63) is 58.9 Å². The molecule has 20 heavy (non-hydrogen) atoms. The summed E-state index contributed by atoms with van der Waals surface area (Å²) in [6.07, 6.45) is 0. The van der Waals surface area contributed by atoms with Crippen LogP contribution in [0.2, 0.25) is 0 Å². The summed E-state index contributed by atoms with van der Waals surface area (Å²) in [7, 11) is 3.00. The van der Waals surface area contributed by atoms with E-state index in [1.54, 1.807) is 31.2 Å². The first-order valence-electron chi connectivity index (χ1n) is 6.09. The molecule has 0 aliphatic carbocycles. The Morgan fingerprint density at radius 2 is 1.75 bits per heavy atom. The van der Waals surface area contributed by atoms with Crippen LogP contribution in [0, 0.1) is 12.7 Å².